The Morgan fingerprint density at radius 2 is 1.13 bits per heavy atom. The number of aliphatic hydroxyl groups is 1. The molecule has 2 aromatic carbocycles. The summed E-state index contributed by atoms with van der Waals surface area (Å²) >= 11 is 0. The van der Waals surface area contributed by atoms with Gasteiger partial charge >= 0.3 is 11.4 Å². The number of ether oxygens (including phenoxy) is 6. The average Bonchev–Trinajstić information content (AvgIpc) is 3.75. The topological polar surface area (TPSA) is 276 Å². The van der Waals surface area contributed by atoms with Crippen molar-refractivity contribution < 1.29 is 52.8 Å². The Morgan fingerprint density at radius 3 is 1.49 bits per heavy atom. The number of rotatable bonds is 17. The minimum Gasteiger partial charge on any atom is -0.432 e. The van der Waals surface area contributed by atoms with E-state index in [0.717, 1.165) is 27.4 Å². The van der Waals surface area contributed by atoms with E-state index >= 15 is 0 Å². The number of aromatic nitrogens is 4. The summed E-state index contributed by atoms with van der Waals surface area (Å²) in [6.07, 6.45) is -2.98. The summed E-state index contributed by atoms with van der Waals surface area (Å²) in [5.74, 6) is 2.45. The zero-order chi connectivity index (χ0) is 44.7. The molecule has 2 aromatic heterocycles. The molecule has 2 fully saturated rings. The van der Waals surface area contributed by atoms with Gasteiger partial charge in [-0.3, -0.25) is 43.1 Å². The molecule has 4 aromatic rings. The van der Waals surface area contributed by atoms with Crippen molar-refractivity contribution >= 4 is 19.7 Å². The monoisotopic (exact) mass is 854 g/mol. The molecule has 2 saturated heterocycles. The summed E-state index contributed by atoms with van der Waals surface area (Å²) in [6.45, 7) is 10.7. The molecular formula is C40H50N6O15. The molecule has 21 heteroatoms. The molecule has 0 bridgehead atoms. The third-order valence-electron chi connectivity index (χ3n) is 9.89. The van der Waals surface area contributed by atoms with Gasteiger partial charge in [-0.1, -0.05) is 74.5 Å². The summed E-state index contributed by atoms with van der Waals surface area (Å²) in [7, 11) is 1.00. The molecular weight excluding hydrogens is 804 g/mol. The van der Waals surface area contributed by atoms with E-state index in [2.05, 4.69) is 21.8 Å². The molecule has 0 aliphatic carbocycles. The summed E-state index contributed by atoms with van der Waals surface area (Å²) in [5, 5.41) is 10.5. The number of nitrogens with two attached hydrogens (primary N) is 1. The number of carbonyl (C=O) groups is 2. The van der Waals surface area contributed by atoms with Gasteiger partial charge < -0.3 is 38.4 Å². The molecule has 4 heterocycles. The normalized spacial score (nSPS) is 25.2. The molecule has 0 amide bonds. The maximum absolute atomic E-state index is 12.4. The molecule has 2 aliphatic heterocycles. The summed E-state index contributed by atoms with van der Waals surface area (Å²) in [4.78, 5) is 85.7. The SMILES string of the molecule is C=NO[C@H]1C(OCc2ccccc2)[C@](CC)(OC=O)O[C@H]1n1cc(C)c(=O)[nH]c1=O.CC[C@@]1(OC=O)O[C@@H](n2cc(C)c(=O)[nH]c2=O)[C@@H](ON)C1OCc1ccccc1.CO. The highest BCUT2D eigenvalue weighted by molar-refractivity contribution is 5.39. The first kappa shape index (κ1) is 47.6. The van der Waals surface area contributed by atoms with Gasteiger partial charge in [0.15, 0.2) is 30.8 Å². The molecule has 2 aliphatic rings. The van der Waals surface area contributed by atoms with E-state index in [-0.39, 0.29) is 50.1 Å². The van der Waals surface area contributed by atoms with Crippen LogP contribution in [-0.2, 0) is 60.9 Å². The van der Waals surface area contributed by atoms with Crippen LogP contribution in [0.2, 0.25) is 0 Å². The number of aryl methyl sites for hydroxylation is 2. The fourth-order valence-corrected chi connectivity index (χ4v) is 6.84. The van der Waals surface area contributed by atoms with Crippen molar-refractivity contribution in [1.29, 1.82) is 0 Å². The smallest absolute Gasteiger partial charge is 0.330 e. The van der Waals surface area contributed by atoms with Gasteiger partial charge in [0.2, 0.25) is 17.7 Å². The number of carbonyl (C=O) groups excluding carboxylic acids is 2. The predicted molar refractivity (Wildman–Crippen MR) is 214 cm³/mol. The van der Waals surface area contributed by atoms with Crippen LogP contribution in [0.1, 0.15) is 61.4 Å². The second-order valence-electron chi connectivity index (χ2n) is 13.5. The van der Waals surface area contributed by atoms with Crippen molar-refractivity contribution in [2.45, 2.75) is 102 Å². The van der Waals surface area contributed by atoms with Crippen LogP contribution >= 0.6 is 0 Å². The first-order valence-corrected chi connectivity index (χ1v) is 18.9. The lowest BCUT2D eigenvalue weighted by molar-refractivity contribution is -0.258. The van der Waals surface area contributed by atoms with Gasteiger partial charge in [-0.15, -0.1) is 5.16 Å². The number of H-pyrrole nitrogens is 2. The van der Waals surface area contributed by atoms with Crippen molar-refractivity contribution in [2.24, 2.45) is 11.1 Å². The zero-order valence-electron chi connectivity index (χ0n) is 34.2. The maximum atomic E-state index is 12.4. The van der Waals surface area contributed by atoms with Gasteiger partial charge in [0.25, 0.3) is 24.1 Å². The van der Waals surface area contributed by atoms with Crippen LogP contribution in [0.3, 0.4) is 0 Å². The molecule has 61 heavy (non-hydrogen) atoms. The van der Waals surface area contributed by atoms with Gasteiger partial charge in [0, 0.05) is 50.2 Å². The maximum Gasteiger partial charge on any atom is 0.330 e. The van der Waals surface area contributed by atoms with E-state index in [1.807, 2.05) is 60.7 Å². The van der Waals surface area contributed by atoms with E-state index in [0.29, 0.717) is 0 Å². The van der Waals surface area contributed by atoms with Gasteiger partial charge in [0.1, 0.15) is 0 Å². The van der Waals surface area contributed by atoms with Crippen LogP contribution in [0.15, 0.2) is 97.4 Å². The molecule has 6 rings (SSSR count). The summed E-state index contributed by atoms with van der Waals surface area (Å²) in [6, 6.07) is 18.7. The quantitative estimate of drug-likeness (QED) is 0.0663. The third kappa shape index (κ3) is 10.6. The van der Waals surface area contributed by atoms with Gasteiger partial charge in [-0.25, -0.2) is 15.5 Å². The predicted octanol–water partition coefficient (Wildman–Crippen LogP) is 1.35. The van der Waals surface area contributed by atoms with E-state index in [9.17, 15) is 28.8 Å². The standard InChI is InChI=1S/C20H23N3O7.C19H23N3O7.CH4O/c1-4-20(28-12-24)16(27-11-14-8-6-5-7-9-14)15(30-21-3)18(29-20)23-10-13(2)17(25)22-19(23)26;1-3-19(27-11-23)15(26-10-13-7-5-4-6-8-13)14(29-20)17(28-19)22-9-12(2)16(24)21-18(22)25;1-2/h5-10,12,15-16,18H,3-4,11H2,1-2H3,(H,22,25,26);4-9,11,14-15,17H,3,10,20H2,1-2H3,(H,21,24,25);2H,1H3/t15-,16?,18+,20+;14-,15?,17+,19+;/m00./s1. The summed E-state index contributed by atoms with van der Waals surface area (Å²) < 4.78 is 36.9. The van der Waals surface area contributed by atoms with Crippen LogP contribution in [-0.4, -0.2) is 87.0 Å². The minimum atomic E-state index is -1.54. The minimum absolute atomic E-state index is 0.169. The largest absolute Gasteiger partial charge is 0.432 e. The molecule has 0 radical (unpaired) electrons. The van der Waals surface area contributed by atoms with Crippen molar-refractivity contribution in [2.75, 3.05) is 7.11 Å². The van der Waals surface area contributed by atoms with Crippen LogP contribution in [0.5, 0.6) is 0 Å². The van der Waals surface area contributed by atoms with Crippen LogP contribution in [0.4, 0.5) is 0 Å². The Kier molecular flexibility index (Phi) is 17.1. The van der Waals surface area contributed by atoms with Gasteiger partial charge in [-0.2, -0.15) is 0 Å². The second-order valence-corrected chi connectivity index (χ2v) is 13.5. The molecule has 0 spiro atoms. The lowest BCUT2D eigenvalue weighted by Gasteiger charge is -2.31. The fraction of sp³-hybridized carbons (Fsp3) is 0.425. The number of hydrogen-bond acceptors (Lipinski definition) is 17. The van der Waals surface area contributed by atoms with E-state index in [1.165, 1.54) is 12.4 Å². The van der Waals surface area contributed by atoms with Gasteiger partial charge in [-0.05, 0) is 25.0 Å². The van der Waals surface area contributed by atoms with E-state index in [1.54, 1.807) is 27.7 Å². The van der Waals surface area contributed by atoms with Crippen LogP contribution in [0, 0.1) is 13.8 Å². The van der Waals surface area contributed by atoms with E-state index in [4.69, 9.17) is 49.1 Å². The number of nitrogens with one attached hydrogen (secondary N) is 2. The Hall–Kier alpha value is -6.07. The second kappa shape index (κ2) is 22.0. The van der Waals surface area contributed by atoms with Crippen molar-refractivity contribution in [3.05, 3.63) is 137 Å². The average molecular weight is 855 g/mol. The third-order valence-corrected chi connectivity index (χ3v) is 9.89. The number of aliphatic hydroxyl groups excluding tert-OH is 1. The number of benzene rings is 2. The Morgan fingerprint density at radius 1 is 0.738 bits per heavy atom. The molecule has 330 valence electrons. The van der Waals surface area contributed by atoms with Crippen molar-refractivity contribution in [3.63, 3.8) is 0 Å². The number of nitrogens with zero attached hydrogens (tertiary/aromatic N) is 3. The van der Waals surface area contributed by atoms with E-state index < -0.39 is 70.9 Å². The highest BCUT2D eigenvalue weighted by Gasteiger charge is 2.61. The fourth-order valence-electron chi connectivity index (χ4n) is 6.84. The molecule has 8 atom stereocenters. The number of aromatic amines is 2. The van der Waals surface area contributed by atoms with Crippen LogP contribution in [0.25, 0.3) is 0 Å². The Bertz CT molecular complexity index is 2280. The molecule has 0 saturated carbocycles. The highest BCUT2D eigenvalue weighted by Crippen LogP contribution is 2.44. The molecule has 2 unspecified atom stereocenters. The van der Waals surface area contributed by atoms with Crippen LogP contribution < -0.4 is 28.4 Å². The van der Waals surface area contributed by atoms with Gasteiger partial charge in [0.05, 0.1) is 13.2 Å². The lowest BCUT2D eigenvalue weighted by atomic mass is 10.0. The number of hydrogen-bond donors (Lipinski definition) is 4. The summed E-state index contributed by atoms with van der Waals surface area (Å²) in [5.41, 5.74) is -0.139. The lowest BCUT2D eigenvalue weighted by Crippen LogP contribution is -2.48. The molecule has 21 nitrogen and oxygen atoms in total. The Labute approximate surface area is 348 Å². The first-order chi connectivity index (χ1) is 29.4. The zero-order valence-corrected chi connectivity index (χ0v) is 34.2. The molecule has 5 N–H and O–H groups in total. The highest BCUT2D eigenvalue weighted by atomic mass is 16.8. The Balaban J connectivity index is 0.000000258. The first-order valence-electron chi connectivity index (χ1n) is 18.9. The van der Waals surface area contributed by atoms with Crippen molar-refractivity contribution in [3.8, 4) is 0 Å². The number of oxime groups is 1. The van der Waals surface area contributed by atoms with Crippen molar-refractivity contribution in [1.82, 2.24) is 19.1 Å².